The molecule has 0 saturated heterocycles. The first-order chi connectivity index (χ1) is 15.5. The minimum absolute atomic E-state index is 0.170. The summed E-state index contributed by atoms with van der Waals surface area (Å²) in [5, 5.41) is 0. The number of nitrogens with zero attached hydrogens (tertiary/aromatic N) is 1. The average Bonchev–Trinajstić information content (AvgIpc) is 3.65. The number of hydrogen-bond acceptors (Lipinski definition) is 3. The summed E-state index contributed by atoms with van der Waals surface area (Å²) in [7, 11) is 1.36. The average molecular weight is 434 g/mol. The number of carbonyl (C=O) groups excluding carboxylic acids is 2. The summed E-state index contributed by atoms with van der Waals surface area (Å²) in [5.74, 6) is 0.570. The lowest BCUT2D eigenvalue weighted by Gasteiger charge is -2.23. The number of unbranched alkanes of at least 4 members (excludes halogenated alkanes) is 2. The molecule has 0 radical (unpaired) electrons. The number of anilines is 1. The van der Waals surface area contributed by atoms with E-state index in [-0.39, 0.29) is 17.8 Å². The first-order valence-electron chi connectivity index (χ1n) is 11.7. The van der Waals surface area contributed by atoms with Crippen LogP contribution in [-0.2, 0) is 20.7 Å². The molecule has 1 aliphatic rings. The van der Waals surface area contributed by atoms with Crippen molar-refractivity contribution in [1.29, 1.82) is 0 Å². The highest BCUT2D eigenvalue weighted by Crippen LogP contribution is 2.33. The Bertz CT molecular complexity index is 926. The van der Waals surface area contributed by atoms with E-state index in [0.717, 1.165) is 56.3 Å². The maximum atomic E-state index is 12.9. The number of methoxy groups -OCH3 is 1. The normalized spacial score (nSPS) is 13.5. The number of amides is 1. The van der Waals surface area contributed by atoms with Gasteiger partial charge in [0, 0.05) is 24.2 Å². The zero-order chi connectivity index (χ0) is 22.9. The lowest BCUT2D eigenvalue weighted by atomic mass is 9.99. The fourth-order valence-corrected chi connectivity index (χ4v) is 3.79. The van der Waals surface area contributed by atoms with Crippen LogP contribution in [0.3, 0.4) is 0 Å². The van der Waals surface area contributed by atoms with Crippen LogP contribution in [0.5, 0.6) is 0 Å². The van der Waals surface area contributed by atoms with Gasteiger partial charge in [0.2, 0.25) is 5.91 Å². The van der Waals surface area contributed by atoms with Crippen LogP contribution in [0.1, 0.15) is 68.6 Å². The molecule has 4 nitrogen and oxygen atoms in total. The molecule has 2 aromatic carbocycles. The predicted molar refractivity (Wildman–Crippen MR) is 131 cm³/mol. The molecule has 3 rings (SSSR count). The molecule has 1 fully saturated rings. The van der Waals surface area contributed by atoms with Crippen LogP contribution >= 0.6 is 0 Å². The second-order valence-electron chi connectivity index (χ2n) is 8.92. The van der Waals surface area contributed by atoms with Crippen molar-refractivity contribution in [2.45, 2.75) is 58.3 Å². The number of benzene rings is 2. The Morgan fingerprint density at radius 2 is 1.81 bits per heavy atom. The smallest absolute Gasteiger partial charge is 0.330 e. The Kier molecular flexibility index (Phi) is 8.66. The van der Waals surface area contributed by atoms with Gasteiger partial charge in [-0.05, 0) is 72.9 Å². The molecule has 32 heavy (non-hydrogen) atoms. The first kappa shape index (κ1) is 23.8. The van der Waals surface area contributed by atoms with E-state index < -0.39 is 0 Å². The Morgan fingerprint density at radius 1 is 1.06 bits per heavy atom. The standard InChI is InChI=1S/C28H35NO3/c1-21(2)24-14-11-22(12-15-24)8-5-4-6-19-29(28(31)25-16-17-25)26-10-7-9-23(20-26)13-18-27(30)32-3/h7,9-15,18,20-21,25H,4-6,8,16-17,19H2,1-3H3/b18-13+. The molecule has 0 atom stereocenters. The van der Waals surface area contributed by atoms with Crippen molar-refractivity contribution >= 4 is 23.6 Å². The van der Waals surface area contributed by atoms with Crippen LogP contribution in [0, 0.1) is 5.92 Å². The monoisotopic (exact) mass is 433 g/mol. The van der Waals surface area contributed by atoms with E-state index in [9.17, 15) is 9.59 Å². The van der Waals surface area contributed by atoms with Gasteiger partial charge in [0.25, 0.3) is 0 Å². The molecule has 0 bridgehead atoms. The van der Waals surface area contributed by atoms with Gasteiger partial charge in [0.15, 0.2) is 0 Å². The van der Waals surface area contributed by atoms with E-state index in [4.69, 9.17) is 0 Å². The fraction of sp³-hybridized carbons (Fsp3) is 0.429. The van der Waals surface area contributed by atoms with E-state index >= 15 is 0 Å². The Morgan fingerprint density at radius 3 is 2.47 bits per heavy atom. The van der Waals surface area contributed by atoms with Gasteiger partial charge >= 0.3 is 5.97 Å². The fourth-order valence-electron chi connectivity index (χ4n) is 3.79. The number of esters is 1. The molecular weight excluding hydrogens is 398 g/mol. The molecule has 1 saturated carbocycles. The van der Waals surface area contributed by atoms with Crippen molar-refractivity contribution in [1.82, 2.24) is 0 Å². The topological polar surface area (TPSA) is 46.6 Å². The molecule has 0 spiro atoms. The Hall–Kier alpha value is -2.88. The minimum Gasteiger partial charge on any atom is -0.466 e. The molecule has 0 N–H and O–H groups in total. The van der Waals surface area contributed by atoms with Crippen molar-refractivity contribution < 1.29 is 14.3 Å². The molecule has 0 aliphatic heterocycles. The largest absolute Gasteiger partial charge is 0.466 e. The quantitative estimate of drug-likeness (QED) is 0.242. The third-order valence-corrected chi connectivity index (χ3v) is 5.98. The van der Waals surface area contributed by atoms with Crippen molar-refractivity contribution in [2.75, 3.05) is 18.6 Å². The van der Waals surface area contributed by atoms with Crippen molar-refractivity contribution in [3.05, 3.63) is 71.3 Å². The SMILES string of the molecule is COC(=O)/C=C/c1cccc(N(CCCCCc2ccc(C(C)C)cc2)C(=O)C2CC2)c1. The molecule has 2 aromatic rings. The number of rotatable bonds is 11. The zero-order valence-corrected chi connectivity index (χ0v) is 19.5. The zero-order valence-electron chi connectivity index (χ0n) is 19.5. The van der Waals surface area contributed by atoms with Crippen molar-refractivity contribution in [2.24, 2.45) is 5.92 Å². The van der Waals surface area contributed by atoms with Gasteiger partial charge in [-0.1, -0.05) is 56.7 Å². The number of carbonyl (C=O) groups is 2. The van der Waals surface area contributed by atoms with Crippen LogP contribution in [0.4, 0.5) is 5.69 Å². The van der Waals surface area contributed by atoms with Crippen LogP contribution in [-0.4, -0.2) is 25.5 Å². The van der Waals surface area contributed by atoms with Crippen molar-refractivity contribution in [3.8, 4) is 0 Å². The van der Waals surface area contributed by atoms with Crippen LogP contribution in [0.25, 0.3) is 6.08 Å². The lowest BCUT2D eigenvalue weighted by molar-refractivity contribution is -0.134. The molecule has 170 valence electrons. The Balaban J connectivity index is 1.55. The van der Waals surface area contributed by atoms with Gasteiger partial charge in [-0.25, -0.2) is 4.79 Å². The highest BCUT2D eigenvalue weighted by molar-refractivity contribution is 5.96. The molecule has 1 aliphatic carbocycles. The van der Waals surface area contributed by atoms with Gasteiger partial charge in [0.1, 0.15) is 0 Å². The first-order valence-corrected chi connectivity index (χ1v) is 11.7. The molecule has 0 heterocycles. The summed E-state index contributed by atoms with van der Waals surface area (Å²) in [6, 6.07) is 16.8. The molecule has 1 amide bonds. The molecular formula is C28H35NO3. The van der Waals surface area contributed by atoms with Crippen LogP contribution in [0.15, 0.2) is 54.6 Å². The lowest BCUT2D eigenvalue weighted by Crippen LogP contribution is -2.33. The maximum absolute atomic E-state index is 12.9. The third-order valence-electron chi connectivity index (χ3n) is 5.98. The van der Waals surface area contributed by atoms with E-state index in [1.807, 2.05) is 29.2 Å². The maximum Gasteiger partial charge on any atom is 0.330 e. The summed E-state index contributed by atoms with van der Waals surface area (Å²) >= 11 is 0. The highest BCUT2D eigenvalue weighted by Gasteiger charge is 2.33. The Labute approximate surface area is 192 Å². The number of aryl methyl sites for hydroxylation is 1. The second kappa shape index (κ2) is 11.7. The highest BCUT2D eigenvalue weighted by atomic mass is 16.5. The van der Waals surface area contributed by atoms with Gasteiger partial charge in [-0.2, -0.15) is 0 Å². The number of hydrogen-bond donors (Lipinski definition) is 0. The summed E-state index contributed by atoms with van der Waals surface area (Å²) < 4.78 is 4.66. The summed E-state index contributed by atoms with van der Waals surface area (Å²) in [4.78, 5) is 26.3. The molecule has 0 aromatic heterocycles. The second-order valence-corrected chi connectivity index (χ2v) is 8.92. The number of ether oxygens (including phenoxy) is 1. The third kappa shape index (κ3) is 7.08. The van der Waals surface area contributed by atoms with E-state index in [1.54, 1.807) is 6.08 Å². The summed E-state index contributed by atoms with van der Waals surface area (Å²) in [6.07, 6.45) is 9.36. The van der Waals surface area contributed by atoms with Crippen LogP contribution in [0.2, 0.25) is 0 Å². The van der Waals surface area contributed by atoms with Gasteiger partial charge in [-0.3, -0.25) is 4.79 Å². The van der Waals surface area contributed by atoms with E-state index in [1.165, 1.54) is 24.3 Å². The minimum atomic E-state index is -0.389. The van der Waals surface area contributed by atoms with Crippen molar-refractivity contribution in [3.63, 3.8) is 0 Å². The summed E-state index contributed by atoms with van der Waals surface area (Å²) in [5.41, 5.74) is 4.54. The predicted octanol–water partition coefficient (Wildman–Crippen LogP) is 6.15. The van der Waals surface area contributed by atoms with Gasteiger partial charge in [0.05, 0.1) is 7.11 Å². The molecule has 4 heteroatoms. The van der Waals surface area contributed by atoms with Crippen LogP contribution < -0.4 is 4.90 Å². The van der Waals surface area contributed by atoms with Gasteiger partial charge < -0.3 is 9.64 Å². The summed E-state index contributed by atoms with van der Waals surface area (Å²) in [6.45, 7) is 5.16. The molecule has 0 unspecified atom stereocenters. The van der Waals surface area contributed by atoms with Gasteiger partial charge in [-0.15, -0.1) is 0 Å². The van der Waals surface area contributed by atoms with E-state index in [0.29, 0.717) is 5.92 Å². The van der Waals surface area contributed by atoms with E-state index in [2.05, 4.69) is 42.8 Å².